The number of nitrogens with one attached hydrogen (secondary N) is 1. The smallest absolute Gasteiger partial charge is 0.126 e. The van der Waals surface area contributed by atoms with Crippen LogP contribution in [0.25, 0.3) is 10.9 Å². The van der Waals surface area contributed by atoms with Gasteiger partial charge in [0.05, 0.1) is 18.2 Å². The molecule has 1 fully saturated rings. The summed E-state index contributed by atoms with van der Waals surface area (Å²) in [6.45, 7) is 6.85. The van der Waals surface area contributed by atoms with Crippen LogP contribution >= 0.6 is 0 Å². The van der Waals surface area contributed by atoms with Gasteiger partial charge >= 0.3 is 0 Å². The molecule has 0 aliphatic carbocycles. The second kappa shape index (κ2) is 9.13. The Morgan fingerprint density at radius 3 is 2.71 bits per heavy atom. The third kappa shape index (κ3) is 4.86. The molecule has 0 bridgehead atoms. The van der Waals surface area contributed by atoms with Crippen LogP contribution in [0.2, 0.25) is 0 Å². The number of fused-ring (bicyclic) bond motifs is 1. The highest BCUT2D eigenvalue weighted by Gasteiger charge is 2.19. The number of likely N-dealkylation sites (tertiary alicyclic amines) is 1. The molecule has 5 nitrogen and oxygen atoms in total. The van der Waals surface area contributed by atoms with Crippen molar-refractivity contribution in [2.75, 3.05) is 31.5 Å². The van der Waals surface area contributed by atoms with E-state index in [9.17, 15) is 0 Å². The van der Waals surface area contributed by atoms with E-state index in [-0.39, 0.29) is 0 Å². The Labute approximate surface area is 166 Å². The van der Waals surface area contributed by atoms with Crippen LogP contribution in [0.5, 0.6) is 0 Å². The predicted octanol–water partition coefficient (Wildman–Crippen LogP) is 4.03. The summed E-state index contributed by atoms with van der Waals surface area (Å²) < 4.78 is 6.08. The van der Waals surface area contributed by atoms with Crippen LogP contribution in [0, 0.1) is 6.92 Å². The largest absolute Gasteiger partial charge is 0.373 e. The minimum absolute atomic E-state index is 0.378. The minimum atomic E-state index is 0.378. The van der Waals surface area contributed by atoms with E-state index < -0.39 is 0 Å². The maximum Gasteiger partial charge on any atom is 0.126 e. The zero-order valence-electron chi connectivity index (χ0n) is 16.5. The summed E-state index contributed by atoms with van der Waals surface area (Å²) in [4.78, 5) is 11.5. The highest BCUT2D eigenvalue weighted by Crippen LogP contribution is 2.18. The van der Waals surface area contributed by atoms with Crippen molar-refractivity contribution in [1.82, 2.24) is 14.9 Å². The molecule has 1 saturated heterocycles. The molecule has 1 N–H and O–H groups in total. The molecule has 1 aliphatic heterocycles. The van der Waals surface area contributed by atoms with E-state index in [4.69, 9.17) is 9.72 Å². The molecule has 28 heavy (non-hydrogen) atoms. The minimum Gasteiger partial charge on any atom is -0.373 e. The number of nitrogens with zero attached hydrogens (tertiary/aromatic N) is 3. The highest BCUT2D eigenvalue weighted by atomic mass is 16.5. The number of hydrogen-bond acceptors (Lipinski definition) is 5. The zero-order chi connectivity index (χ0) is 19.2. The Hall–Kier alpha value is -2.50. The highest BCUT2D eigenvalue weighted by molar-refractivity contribution is 5.81. The van der Waals surface area contributed by atoms with E-state index in [1.807, 2.05) is 31.3 Å². The molecular weight excluding hydrogens is 348 g/mol. The number of benzene rings is 1. The van der Waals surface area contributed by atoms with Gasteiger partial charge in [0, 0.05) is 43.5 Å². The van der Waals surface area contributed by atoms with Crippen LogP contribution in [0.3, 0.4) is 0 Å². The fourth-order valence-electron chi connectivity index (χ4n) is 3.73. The van der Waals surface area contributed by atoms with E-state index in [0.717, 1.165) is 68.0 Å². The SMILES string of the molecule is Cc1nccc2nc(NCCN3CCC(OCc4ccccc4)CC3)ccc12. The van der Waals surface area contributed by atoms with Crippen LogP contribution in [-0.4, -0.2) is 47.2 Å². The molecule has 0 radical (unpaired) electrons. The fourth-order valence-corrected chi connectivity index (χ4v) is 3.73. The van der Waals surface area contributed by atoms with Crippen molar-refractivity contribution >= 4 is 16.7 Å². The van der Waals surface area contributed by atoms with E-state index in [0.29, 0.717) is 6.10 Å². The molecule has 0 atom stereocenters. The zero-order valence-corrected chi connectivity index (χ0v) is 16.5. The van der Waals surface area contributed by atoms with E-state index >= 15 is 0 Å². The second-order valence-corrected chi connectivity index (χ2v) is 7.42. The summed E-state index contributed by atoms with van der Waals surface area (Å²) in [6, 6.07) is 16.5. The van der Waals surface area contributed by atoms with Crippen molar-refractivity contribution < 1.29 is 4.74 Å². The van der Waals surface area contributed by atoms with Crippen molar-refractivity contribution in [3.05, 3.63) is 66.0 Å². The van der Waals surface area contributed by atoms with Gasteiger partial charge in [-0.2, -0.15) is 0 Å². The first-order chi connectivity index (χ1) is 13.8. The van der Waals surface area contributed by atoms with Gasteiger partial charge in [-0.15, -0.1) is 0 Å². The number of piperidine rings is 1. The summed E-state index contributed by atoms with van der Waals surface area (Å²) >= 11 is 0. The fraction of sp³-hybridized carbons (Fsp3) is 0.391. The molecule has 3 aromatic rings. The average molecular weight is 377 g/mol. The lowest BCUT2D eigenvalue weighted by molar-refractivity contribution is -0.00167. The van der Waals surface area contributed by atoms with Crippen molar-refractivity contribution in [1.29, 1.82) is 0 Å². The molecule has 3 heterocycles. The van der Waals surface area contributed by atoms with Gasteiger partial charge in [-0.25, -0.2) is 4.98 Å². The molecule has 0 amide bonds. The number of hydrogen-bond donors (Lipinski definition) is 1. The Balaban J connectivity index is 1.18. The molecule has 0 spiro atoms. The normalized spacial score (nSPS) is 15.8. The number of pyridine rings is 2. The van der Waals surface area contributed by atoms with Gasteiger partial charge in [-0.3, -0.25) is 4.98 Å². The van der Waals surface area contributed by atoms with Gasteiger partial charge in [0.15, 0.2) is 0 Å². The van der Waals surface area contributed by atoms with Crippen molar-refractivity contribution in [3.63, 3.8) is 0 Å². The molecule has 0 saturated carbocycles. The van der Waals surface area contributed by atoms with Crippen molar-refractivity contribution in [3.8, 4) is 0 Å². The third-order valence-electron chi connectivity index (χ3n) is 5.41. The van der Waals surface area contributed by atoms with Crippen LogP contribution in [0.4, 0.5) is 5.82 Å². The number of aryl methyl sites for hydroxylation is 1. The number of anilines is 1. The van der Waals surface area contributed by atoms with Crippen LogP contribution in [-0.2, 0) is 11.3 Å². The molecule has 146 valence electrons. The monoisotopic (exact) mass is 376 g/mol. The van der Waals surface area contributed by atoms with Crippen molar-refractivity contribution in [2.45, 2.75) is 32.5 Å². The summed E-state index contributed by atoms with van der Waals surface area (Å²) in [5.41, 5.74) is 3.27. The molecular formula is C23H28N4O. The van der Waals surface area contributed by atoms with Crippen LogP contribution in [0.15, 0.2) is 54.7 Å². The van der Waals surface area contributed by atoms with Gasteiger partial charge in [-0.1, -0.05) is 30.3 Å². The standard InChI is InChI=1S/C23H28N4O/c1-18-21-7-8-23(26-22(21)9-12-24-18)25-13-16-27-14-10-20(11-15-27)28-17-19-5-3-2-4-6-19/h2-9,12,20H,10-11,13-17H2,1H3,(H,25,26). The molecule has 0 unspecified atom stereocenters. The Bertz CT molecular complexity index is 892. The Kier molecular flexibility index (Phi) is 6.14. The van der Waals surface area contributed by atoms with E-state index in [1.165, 1.54) is 5.56 Å². The van der Waals surface area contributed by atoms with Crippen LogP contribution in [0.1, 0.15) is 24.1 Å². The topological polar surface area (TPSA) is 50.3 Å². The Morgan fingerprint density at radius 2 is 1.89 bits per heavy atom. The molecule has 4 rings (SSSR count). The average Bonchev–Trinajstić information content (AvgIpc) is 2.74. The summed E-state index contributed by atoms with van der Waals surface area (Å²) in [5, 5.41) is 4.57. The second-order valence-electron chi connectivity index (χ2n) is 7.42. The van der Waals surface area contributed by atoms with Gasteiger partial charge in [-0.05, 0) is 43.5 Å². The summed E-state index contributed by atoms with van der Waals surface area (Å²) in [5.74, 6) is 0.930. The maximum atomic E-state index is 6.08. The molecule has 5 heteroatoms. The van der Waals surface area contributed by atoms with Gasteiger partial charge < -0.3 is 15.0 Å². The Morgan fingerprint density at radius 1 is 1.07 bits per heavy atom. The number of rotatable bonds is 7. The first kappa shape index (κ1) is 18.8. The third-order valence-corrected chi connectivity index (χ3v) is 5.41. The van der Waals surface area contributed by atoms with Crippen LogP contribution < -0.4 is 5.32 Å². The maximum absolute atomic E-state index is 6.08. The summed E-state index contributed by atoms with van der Waals surface area (Å²) in [6.07, 6.45) is 4.41. The van der Waals surface area contributed by atoms with E-state index in [1.54, 1.807) is 0 Å². The molecule has 2 aromatic heterocycles. The first-order valence-corrected chi connectivity index (χ1v) is 10.1. The lowest BCUT2D eigenvalue weighted by Gasteiger charge is -2.32. The molecule has 1 aromatic carbocycles. The lowest BCUT2D eigenvalue weighted by atomic mass is 10.1. The lowest BCUT2D eigenvalue weighted by Crippen LogP contribution is -2.39. The quantitative estimate of drug-likeness (QED) is 0.675. The van der Waals surface area contributed by atoms with E-state index in [2.05, 4.69) is 45.5 Å². The van der Waals surface area contributed by atoms with Gasteiger partial charge in [0.1, 0.15) is 5.82 Å². The first-order valence-electron chi connectivity index (χ1n) is 10.1. The van der Waals surface area contributed by atoms with Gasteiger partial charge in [0.25, 0.3) is 0 Å². The van der Waals surface area contributed by atoms with Crippen molar-refractivity contribution in [2.24, 2.45) is 0 Å². The summed E-state index contributed by atoms with van der Waals surface area (Å²) in [7, 11) is 0. The number of ether oxygens (including phenoxy) is 1. The van der Waals surface area contributed by atoms with Gasteiger partial charge in [0.2, 0.25) is 0 Å². The predicted molar refractivity (Wildman–Crippen MR) is 113 cm³/mol. The number of aromatic nitrogens is 2. The molecule has 1 aliphatic rings.